The van der Waals surface area contributed by atoms with Gasteiger partial charge in [-0.05, 0) is 24.6 Å². The van der Waals surface area contributed by atoms with Crippen LogP contribution in [0.1, 0.15) is 11.1 Å². The van der Waals surface area contributed by atoms with Crippen LogP contribution in [0.5, 0.6) is 0 Å². The Morgan fingerprint density at radius 2 is 1.94 bits per heavy atom. The van der Waals surface area contributed by atoms with Crippen molar-refractivity contribution in [1.82, 2.24) is 0 Å². The van der Waals surface area contributed by atoms with E-state index in [1.54, 1.807) is 6.07 Å². The predicted octanol–water partition coefficient (Wildman–Crippen LogP) is 3.11. The zero-order valence-corrected chi connectivity index (χ0v) is 9.90. The molecule has 0 fully saturated rings. The third-order valence-electron chi connectivity index (χ3n) is 2.07. The number of aliphatic carboxylic acids is 1. The van der Waals surface area contributed by atoms with Gasteiger partial charge in [-0.1, -0.05) is 41.4 Å². The molecule has 0 aliphatic heterocycles. The van der Waals surface area contributed by atoms with Crippen molar-refractivity contribution in [2.24, 2.45) is 0 Å². The third-order valence-corrected chi connectivity index (χ3v) is 2.42. The first-order valence-corrected chi connectivity index (χ1v) is 5.20. The lowest BCUT2D eigenvalue weighted by atomic mass is 10.1. The van der Waals surface area contributed by atoms with Crippen LogP contribution in [0.3, 0.4) is 0 Å². The summed E-state index contributed by atoms with van der Waals surface area (Å²) in [6, 6.07) is 9.03. The van der Waals surface area contributed by atoms with Crippen LogP contribution in [0, 0.1) is 18.3 Å². The van der Waals surface area contributed by atoms with Gasteiger partial charge in [0.25, 0.3) is 0 Å². The van der Waals surface area contributed by atoms with Crippen molar-refractivity contribution >= 4 is 22.6 Å². The summed E-state index contributed by atoms with van der Waals surface area (Å²) in [5.74, 6) is -1.27. The number of nitriles is 1. The Bertz CT molecular complexity index is 521. The number of benzene rings is 1. The summed E-state index contributed by atoms with van der Waals surface area (Å²) in [4.78, 5) is 10.6. The third kappa shape index (κ3) is 3.78. The number of allylic oxidation sites excluding steroid dienone is 2. The molecule has 0 amide bonds. The number of carboxylic acids is 1. The highest BCUT2D eigenvalue weighted by molar-refractivity contribution is 6.48. The minimum Gasteiger partial charge on any atom is -0.477 e. The standard InChI is InChI=1S/C13H10ClNO2/c1-9-2-4-10(5-3-9)12(14)7-6-11(8-15)13(16)17/h2-7H,1H3,(H,16,17)/b11-6-,12-7-. The molecular weight excluding hydrogens is 238 g/mol. The Morgan fingerprint density at radius 3 is 2.41 bits per heavy atom. The molecule has 0 aliphatic rings. The summed E-state index contributed by atoms with van der Waals surface area (Å²) < 4.78 is 0. The fourth-order valence-electron chi connectivity index (χ4n) is 1.12. The molecule has 0 radical (unpaired) electrons. The first-order valence-electron chi connectivity index (χ1n) is 4.82. The summed E-state index contributed by atoms with van der Waals surface area (Å²) in [5.41, 5.74) is 1.53. The highest BCUT2D eigenvalue weighted by Gasteiger charge is 2.04. The molecule has 0 aliphatic carbocycles. The molecule has 0 heterocycles. The van der Waals surface area contributed by atoms with E-state index in [4.69, 9.17) is 22.0 Å². The number of aryl methyl sites for hydroxylation is 1. The summed E-state index contributed by atoms with van der Waals surface area (Å²) in [6.45, 7) is 1.96. The average molecular weight is 248 g/mol. The number of hydrogen-bond acceptors (Lipinski definition) is 2. The fraction of sp³-hybridized carbons (Fsp3) is 0.0769. The van der Waals surface area contributed by atoms with Crippen LogP contribution in [-0.4, -0.2) is 11.1 Å². The largest absolute Gasteiger partial charge is 0.477 e. The Balaban J connectivity index is 2.98. The molecule has 0 unspecified atom stereocenters. The van der Waals surface area contributed by atoms with Crippen molar-refractivity contribution < 1.29 is 9.90 Å². The van der Waals surface area contributed by atoms with Crippen molar-refractivity contribution in [1.29, 1.82) is 5.26 Å². The number of nitrogens with zero attached hydrogens (tertiary/aromatic N) is 1. The molecule has 17 heavy (non-hydrogen) atoms. The molecular formula is C13H10ClNO2. The minimum absolute atomic E-state index is 0.352. The maximum Gasteiger partial charge on any atom is 0.346 e. The van der Waals surface area contributed by atoms with E-state index in [0.29, 0.717) is 5.03 Å². The van der Waals surface area contributed by atoms with Crippen molar-refractivity contribution in [2.75, 3.05) is 0 Å². The maximum absolute atomic E-state index is 10.6. The fourth-order valence-corrected chi connectivity index (χ4v) is 1.31. The van der Waals surface area contributed by atoms with Crippen LogP contribution in [-0.2, 0) is 4.79 Å². The van der Waals surface area contributed by atoms with E-state index in [2.05, 4.69) is 0 Å². The number of hydrogen-bond donors (Lipinski definition) is 1. The summed E-state index contributed by atoms with van der Waals surface area (Å²) in [7, 11) is 0. The van der Waals surface area contributed by atoms with Crippen molar-refractivity contribution in [3.8, 4) is 6.07 Å². The van der Waals surface area contributed by atoms with Gasteiger partial charge in [0.05, 0.1) is 0 Å². The zero-order chi connectivity index (χ0) is 12.8. The highest BCUT2D eigenvalue weighted by Crippen LogP contribution is 2.19. The maximum atomic E-state index is 10.6. The zero-order valence-electron chi connectivity index (χ0n) is 9.14. The van der Waals surface area contributed by atoms with Crippen LogP contribution < -0.4 is 0 Å². The van der Waals surface area contributed by atoms with Gasteiger partial charge in [0.1, 0.15) is 11.6 Å². The van der Waals surface area contributed by atoms with Crippen molar-refractivity contribution in [3.05, 3.63) is 53.1 Å². The van der Waals surface area contributed by atoms with Crippen molar-refractivity contribution in [3.63, 3.8) is 0 Å². The summed E-state index contributed by atoms with van der Waals surface area (Å²) >= 11 is 5.98. The minimum atomic E-state index is -1.27. The van der Waals surface area contributed by atoms with Gasteiger partial charge in [-0.3, -0.25) is 0 Å². The van der Waals surface area contributed by atoms with E-state index in [9.17, 15) is 4.79 Å². The second-order valence-electron chi connectivity index (χ2n) is 3.38. The van der Waals surface area contributed by atoms with E-state index in [1.165, 1.54) is 12.2 Å². The van der Waals surface area contributed by atoms with E-state index in [-0.39, 0.29) is 5.57 Å². The van der Waals surface area contributed by atoms with Crippen LogP contribution >= 0.6 is 11.6 Å². The number of rotatable bonds is 3. The molecule has 1 N–H and O–H groups in total. The lowest BCUT2D eigenvalue weighted by molar-refractivity contribution is -0.132. The van der Waals surface area contributed by atoms with Gasteiger partial charge in [-0.25, -0.2) is 4.79 Å². The molecule has 3 nitrogen and oxygen atoms in total. The first kappa shape index (κ1) is 13.0. The quantitative estimate of drug-likeness (QED) is 0.507. The molecule has 0 saturated carbocycles. The van der Waals surface area contributed by atoms with Gasteiger partial charge >= 0.3 is 5.97 Å². The van der Waals surface area contributed by atoms with Crippen LogP contribution in [0.25, 0.3) is 5.03 Å². The predicted molar refractivity (Wildman–Crippen MR) is 66.3 cm³/mol. The second kappa shape index (κ2) is 5.88. The molecule has 1 aromatic carbocycles. The van der Waals surface area contributed by atoms with Gasteiger partial charge < -0.3 is 5.11 Å². The molecule has 0 bridgehead atoms. The molecule has 1 rings (SSSR count). The number of halogens is 1. The molecule has 0 atom stereocenters. The number of carboxylic acid groups (broad SMARTS) is 1. The van der Waals surface area contributed by atoms with Crippen LogP contribution in [0.4, 0.5) is 0 Å². The number of carbonyl (C=O) groups is 1. The average Bonchev–Trinajstić information content (AvgIpc) is 2.30. The Kier molecular flexibility index (Phi) is 4.50. The van der Waals surface area contributed by atoms with Crippen LogP contribution in [0.2, 0.25) is 0 Å². The van der Waals surface area contributed by atoms with E-state index in [0.717, 1.165) is 11.1 Å². The van der Waals surface area contributed by atoms with Crippen molar-refractivity contribution in [2.45, 2.75) is 6.92 Å². The molecule has 0 aromatic heterocycles. The SMILES string of the molecule is Cc1ccc(/C(Cl)=C/C=C(/C#N)C(=O)O)cc1. The topological polar surface area (TPSA) is 61.1 Å². The Labute approximate surface area is 104 Å². The molecule has 0 saturated heterocycles. The van der Waals surface area contributed by atoms with Gasteiger partial charge in [0.2, 0.25) is 0 Å². The van der Waals surface area contributed by atoms with Gasteiger partial charge in [0.15, 0.2) is 0 Å². The highest BCUT2D eigenvalue weighted by atomic mass is 35.5. The van der Waals surface area contributed by atoms with Gasteiger partial charge in [-0.15, -0.1) is 0 Å². The Hall–Kier alpha value is -2.05. The molecule has 0 spiro atoms. The van der Waals surface area contributed by atoms with Gasteiger partial charge in [0, 0.05) is 5.03 Å². The Morgan fingerprint density at radius 1 is 1.35 bits per heavy atom. The lowest BCUT2D eigenvalue weighted by Gasteiger charge is -1.98. The van der Waals surface area contributed by atoms with E-state index in [1.807, 2.05) is 31.2 Å². The summed E-state index contributed by atoms with van der Waals surface area (Å²) in [5, 5.41) is 17.6. The summed E-state index contributed by atoms with van der Waals surface area (Å²) in [6.07, 6.45) is 2.59. The first-order chi connectivity index (χ1) is 8.04. The van der Waals surface area contributed by atoms with Crippen LogP contribution in [0.15, 0.2) is 42.0 Å². The second-order valence-corrected chi connectivity index (χ2v) is 3.79. The van der Waals surface area contributed by atoms with E-state index < -0.39 is 5.97 Å². The lowest BCUT2D eigenvalue weighted by Crippen LogP contribution is -1.96. The molecule has 4 heteroatoms. The van der Waals surface area contributed by atoms with Gasteiger partial charge in [-0.2, -0.15) is 5.26 Å². The normalized spacial score (nSPS) is 12.1. The smallest absolute Gasteiger partial charge is 0.346 e. The molecule has 1 aromatic rings. The molecule has 86 valence electrons. The monoisotopic (exact) mass is 247 g/mol. The van der Waals surface area contributed by atoms with E-state index >= 15 is 0 Å².